The zero-order chi connectivity index (χ0) is 17.2. The molecule has 2 saturated heterocycles. The van der Waals surface area contributed by atoms with Crippen LogP contribution in [0.5, 0.6) is 0 Å². The van der Waals surface area contributed by atoms with E-state index in [2.05, 4.69) is 4.98 Å². The van der Waals surface area contributed by atoms with Crippen molar-refractivity contribution in [1.82, 2.24) is 9.88 Å². The number of carbonyl (C=O) groups excluding carboxylic acids is 1. The van der Waals surface area contributed by atoms with Gasteiger partial charge in [0.15, 0.2) is 6.29 Å². The van der Waals surface area contributed by atoms with Gasteiger partial charge in [-0.3, -0.25) is 9.88 Å². The van der Waals surface area contributed by atoms with Crippen LogP contribution in [0.4, 0.5) is 4.79 Å². The van der Waals surface area contributed by atoms with Gasteiger partial charge in [0.1, 0.15) is 5.60 Å². The predicted molar refractivity (Wildman–Crippen MR) is 88.4 cm³/mol. The molecule has 6 heteroatoms. The van der Waals surface area contributed by atoms with E-state index in [1.807, 2.05) is 32.9 Å². The SMILES string of the molecule is CC(C)(C)OC(=O)N1CCCCC1c1ncccc1C1OCCO1. The molecule has 2 fully saturated rings. The lowest BCUT2D eigenvalue weighted by Crippen LogP contribution is -2.42. The van der Waals surface area contributed by atoms with Crippen LogP contribution < -0.4 is 0 Å². The normalized spacial score (nSPS) is 22.6. The Balaban J connectivity index is 1.87. The van der Waals surface area contributed by atoms with Gasteiger partial charge in [-0.25, -0.2) is 4.79 Å². The zero-order valence-corrected chi connectivity index (χ0v) is 14.7. The number of nitrogens with zero attached hydrogens (tertiary/aromatic N) is 2. The van der Waals surface area contributed by atoms with E-state index < -0.39 is 11.9 Å². The monoisotopic (exact) mass is 334 g/mol. The van der Waals surface area contributed by atoms with E-state index in [4.69, 9.17) is 14.2 Å². The second kappa shape index (κ2) is 7.07. The summed E-state index contributed by atoms with van der Waals surface area (Å²) in [6, 6.07) is 3.75. The maximum Gasteiger partial charge on any atom is 0.410 e. The van der Waals surface area contributed by atoms with Gasteiger partial charge in [-0.15, -0.1) is 0 Å². The largest absolute Gasteiger partial charge is 0.444 e. The Morgan fingerprint density at radius 3 is 2.75 bits per heavy atom. The number of rotatable bonds is 2. The highest BCUT2D eigenvalue weighted by Crippen LogP contribution is 2.36. The minimum absolute atomic E-state index is 0.0994. The van der Waals surface area contributed by atoms with E-state index in [1.165, 1.54) is 0 Å². The van der Waals surface area contributed by atoms with Crippen molar-refractivity contribution < 1.29 is 19.0 Å². The van der Waals surface area contributed by atoms with Gasteiger partial charge in [0.2, 0.25) is 0 Å². The molecule has 0 radical (unpaired) electrons. The minimum atomic E-state index is -0.510. The number of piperidine rings is 1. The first-order chi connectivity index (χ1) is 11.5. The van der Waals surface area contributed by atoms with Crippen LogP contribution in [0.25, 0.3) is 0 Å². The molecule has 0 spiro atoms. The van der Waals surface area contributed by atoms with Gasteiger partial charge in [0.05, 0.1) is 24.9 Å². The third-order valence-electron chi connectivity index (χ3n) is 4.19. The molecule has 0 bridgehead atoms. The summed E-state index contributed by atoms with van der Waals surface area (Å²) >= 11 is 0. The molecule has 3 heterocycles. The predicted octanol–water partition coefficient (Wildman–Crippen LogP) is 3.59. The summed E-state index contributed by atoms with van der Waals surface area (Å²) < 4.78 is 16.9. The third kappa shape index (κ3) is 3.87. The van der Waals surface area contributed by atoms with Crippen molar-refractivity contribution in [3.63, 3.8) is 0 Å². The maximum absolute atomic E-state index is 12.6. The molecule has 0 aliphatic carbocycles. The topological polar surface area (TPSA) is 60.9 Å². The molecule has 24 heavy (non-hydrogen) atoms. The zero-order valence-electron chi connectivity index (χ0n) is 14.7. The van der Waals surface area contributed by atoms with E-state index in [1.54, 1.807) is 11.1 Å². The summed E-state index contributed by atoms with van der Waals surface area (Å²) in [5.74, 6) is 0. The van der Waals surface area contributed by atoms with Gasteiger partial charge < -0.3 is 14.2 Å². The summed E-state index contributed by atoms with van der Waals surface area (Å²) in [4.78, 5) is 19.0. The molecule has 132 valence electrons. The molecular formula is C18H26N2O4. The number of carbonyl (C=O) groups is 1. The fourth-order valence-electron chi connectivity index (χ4n) is 3.20. The summed E-state index contributed by atoms with van der Waals surface area (Å²) in [6.45, 7) is 7.50. The van der Waals surface area contributed by atoms with E-state index in [9.17, 15) is 4.79 Å². The first-order valence-electron chi connectivity index (χ1n) is 8.63. The number of ether oxygens (including phenoxy) is 3. The molecule has 0 saturated carbocycles. The van der Waals surface area contributed by atoms with Crippen molar-refractivity contribution in [1.29, 1.82) is 0 Å². The van der Waals surface area contributed by atoms with Crippen LogP contribution in [0.2, 0.25) is 0 Å². The molecule has 1 amide bonds. The molecule has 0 aromatic carbocycles. The molecule has 6 nitrogen and oxygen atoms in total. The number of amides is 1. The second-order valence-corrected chi connectivity index (χ2v) is 7.24. The molecule has 1 aromatic heterocycles. The first-order valence-corrected chi connectivity index (χ1v) is 8.63. The Morgan fingerprint density at radius 1 is 1.29 bits per heavy atom. The van der Waals surface area contributed by atoms with Crippen molar-refractivity contribution in [2.24, 2.45) is 0 Å². The van der Waals surface area contributed by atoms with E-state index in [0.29, 0.717) is 19.8 Å². The molecule has 1 aromatic rings. The van der Waals surface area contributed by atoms with Crippen LogP contribution in [0.3, 0.4) is 0 Å². The van der Waals surface area contributed by atoms with Crippen LogP contribution in [-0.2, 0) is 14.2 Å². The Labute approximate surface area is 143 Å². The van der Waals surface area contributed by atoms with E-state index in [-0.39, 0.29) is 12.1 Å². The standard InChI is InChI=1S/C18H26N2O4/c1-18(2,3)24-17(21)20-10-5-4-8-14(20)15-13(7-6-9-19-15)16-22-11-12-23-16/h6-7,9,14,16H,4-5,8,10-12H2,1-3H3. The summed E-state index contributed by atoms with van der Waals surface area (Å²) in [6.07, 6.45) is 4.00. The van der Waals surface area contributed by atoms with Crippen LogP contribution in [0.15, 0.2) is 18.3 Å². The second-order valence-electron chi connectivity index (χ2n) is 7.24. The highest BCUT2D eigenvalue weighted by Gasteiger charge is 2.35. The van der Waals surface area contributed by atoms with Gasteiger partial charge in [-0.05, 0) is 46.1 Å². The first kappa shape index (κ1) is 17.2. The van der Waals surface area contributed by atoms with Gasteiger partial charge in [0.25, 0.3) is 0 Å². The molecular weight excluding hydrogens is 308 g/mol. The fourth-order valence-corrected chi connectivity index (χ4v) is 3.20. The van der Waals surface area contributed by atoms with E-state index >= 15 is 0 Å². The summed E-state index contributed by atoms with van der Waals surface area (Å²) in [5, 5.41) is 0. The van der Waals surface area contributed by atoms with Gasteiger partial charge >= 0.3 is 6.09 Å². The molecule has 3 rings (SSSR count). The minimum Gasteiger partial charge on any atom is -0.444 e. The van der Waals surface area contributed by atoms with Crippen LogP contribution >= 0.6 is 0 Å². The lowest BCUT2D eigenvalue weighted by Gasteiger charge is -2.37. The van der Waals surface area contributed by atoms with Crippen molar-refractivity contribution >= 4 is 6.09 Å². The Hall–Kier alpha value is -1.66. The average Bonchev–Trinajstić information content (AvgIpc) is 3.07. The summed E-state index contributed by atoms with van der Waals surface area (Å²) in [5.41, 5.74) is 1.26. The van der Waals surface area contributed by atoms with Gasteiger partial charge in [-0.2, -0.15) is 0 Å². The maximum atomic E-state index is 12.6. The van der Waals surface area contributed by atoms with Gasteiger partial charge in [0, 0.05) is 18.3 Å². The Morgan fingerprint density at radius 2 is 2.04 bits per heavy atom. The molecule has 1 unspecified atom stereocenters. The number of likely N-dealkylation sites (tertiary alicyclic amines) is 1. The summed E-state index contributed by atoms with van der Waals surface area (Å²) in [7, 11) is 0. The van der Waals surface area contributed by atoms with Crippen molar-refractivity contribution in [3.05, 3.63) is 29.6 Å². The average molecular weight is 334 g/mol. The smallest absolute Gasteiger partial charge is 0.410 e. The number of hydrogen-bond donors (Lipinski definition) is 0. The van der Waals surface area contributed by atoms with Crippen molar-refractivity contribution in [2.45, 2.75) is 58.0 Å². The van der Waals surface area contributed by atoms with Crippen LogP contribution in [0.1, 0.15) is 63.6 Å². The Kier molecular flexibility index (Phi) is 5.06. The third-order valence-corrected chi connectivity index (χ3v) is 4.19. The highest BCUT2D eigenvalue weighted by molar-refractivity contribution is 5.69. The fraction of sp³-hybridized carbons (Fsp3) is 0.667. The number of pyridine rings is 1. The van der Waals surface area contributed by atoms with Gasteiger partial charge in [-0.1, -0.05) is 6.07 Å². The lowest BCUT2D eigenvalue weighted by molar-refractivity contribution is -0.0466. The number of hydrogen-bond acceptors (Lipinski definition) is 5. The van der Waals surface area contributed by atoms with E-state index in [0.717, 1.165) is 30.5 Å². The lowest BCUT2D eigenvalue weighted by atomic mass is 9.96. The molecule has 2 aliphatic rings. The Bertz CT molecular complexity index is 579. The van der Waals surface area contributed by atoms with Crippen LogP contribution in [0, 0.1) is 0 Å². The quantitative estimate of drug-likeness (QED) is 0.827. The highest BCUT2D eigenvalue weighted by atomic mass is 16.7. The van der Waals surface area contributed by atoms with Crippen LogP contribution in [-0.4, -0.2) is 41.3 Å². The van der Waals surface area contributed by atoms with Crippen molar-refractivity contribution in [2.75, 3.05) is 19.8 Å². The molecule has 2 aliphatic heterocycles. The van der Waals surface area contributed by atoms with Crippen molar-refractivity contribution in [3.8, 4) is 0 Å². The molecule has 0 N–H and O–H groups in total. The molecule has 1 atom stereocenters. The number of aromatic nitrogens is 1.